The van der Waals surface area contributed by atoms with Gasteiger partial charge in [-0.25, -0.2) is 0 Å². The van der Waals surface area contributed by atoms with E-state index in [0.29, 0.717) is 0 Å². The minimum absolute atomic E-state index is 0. The Bertz CT molecular complexity index is 228. The molecule has 0 aromatic carbocycles. The Balaban J connectivity index is -0.0000000594. The van der Waals surface area contributed by atoms with Crippen LogP contribution in [-0.4, -0.2) is 23.9 Å². The molecule has 0 aliphatic heterocycles. The largest absolute Gasteiger partial charge is 2.00 e. The zero-order chi connectivity index (χ0) is 13.1. The Hall–Kier alpha value is -1.69. The maximum atomic E-state index is 9.50. The molecule has 0 atom stereocenters. The van der Waals surface area contributed by atoms with Gasteiger partial charge >= 0.3 is 16.8 Å². The molecule has 1 radical (unpaired) electrons. The van der Waals surface area contributed by atoms with E-state index in [4.69, 9.17) is 0 Å². The molecule has 0 aliphatic rings. The molecule has 0 spiro atoms. The van der Waals surface area contributed by atoms with E-state index in [1.165, 1.54) is 0 Å². The predicted molar refractivity (Wildman–Crippen MR) is 50.5 cm³/mol. The van der Waals surface area contributed by atoms with Crippen molar-refractivity contribution in [3.63, 3.8) is 0 Å². The number of carboxylic acids is 4. The molecule has 0 aromatic rings. The van der Waals surface area contributed by atoms with Gasteiger partial charge in [0.05, 0.1) is 0 Å². The number of aliphatic carboxylic acids is 4. The summed E-state index contributed by atoms with van der Waals surface area (Å²) < 4.78 is 0. The van der Waals surface area contributed by atoms with Crippen LogP contribution in [0.2, 0.25) is 0 Å². The van der Waals surface area contributed by atoms with Crippen LogP contribution in [0.25, 0.3) is 0 Å². The van der Waals surface area contributed by atoms with Gasteiger partial charge in [0.15, 0.2) is 0 Å². The van der Waals surface area contributed by atoms with Gasteiger partial charge in [-0.3, -0.25) is 0 Å². The molecule has 0 saturated carbocycles. The fraction of sp³-hybridized carbons (Fsp3) is 0.500. The zero-order valence-corrected chi connectivity index (χ0v) is 11.5. The smallest absolute Gasteiger partial charge is 0.550 e. The first-order chi connectivity index (χ1) is 7.25. The summed E-state index contributed by atoms with van der Waals surface area (Å²) >= 11 is 0. The van der Waals surface area contributed by atoms with Crippen molar-refractivity contribution >= 4 is 23.9 Å². The van der Waals surface area contributed by atoms with Crippen LogP contribution >= 0.6 is 0 Å². The molecule has 19 heavy (non-hydrogen) atoms. The summed E-state index contributed by atoms with van der Waals surface area (Å²) in [6.07, 6.45) is -1.88. The van der Waals surface area contributed by atoms with E-state index in [-0.39, 0.29) is 29.1 Å². The molecule has 0 saturated heterocycles. The summed E-state index contributed by atoms with van der Waals surface area (Å²) in [4.78, 5) is 38.0. The Labute approximate surface area is 119 Å². The van der Waals surface area contributed by atoms with Crippen LogP contribution in [0.1, 0.15) is 25.7 Å². The molecule has 0 unspecified atom stereocenters. The minimum Gasteiger partial charge on any atom is -0.550 e. The van der Waals surface area contributed by atoms with E-state index in [2.05, 4.69) is 0 Å². The monoisotopic (exact) mass is 327 g/mol. The SMILES string of the molecule is O=C([O-])CCC(=O)[O-].O=C([O-])CCC(=O)[O-].[Co+2].[NH4+].[NH4+]. The van der Waals surface area contributed by atoms with Crippen molar-refractivity contribution in [2.45, 2.75) is 25.7 Å². The van der Waals surface area contributed by atoms with Crippen molar-refractivity contribution in [3.05, 3.63) is 0 Å². The van der Waals surface area contributed by atoms with Crippen LogP contribution in [-0.2, 0) is 36.0 Å². The van der Waals surface area contributed by atoms with Gasteiger partial charge in [-0.1, -0.05) is 0 Å². The topological polar surface area (TPSA) is 234 Å². The number of quaternary nitrogens is 2. The first-order valence-corrected chi connectivity index (χ1v) is 4.05. The summed E-state index contributed by atoms with van der Waals surface area (Å²) in [6, 6.07) is 0. The Morgan fingerprint density at radius 1 is 0.526 bits per heavy atom. The van der Waals surface area contributed by atoms with E-state index < -0.39 is 49.6 Å². The molecular formula is C8H16CoN2O8. The summed E-state index contributed by atoms with van der Waals surface area (Å²) in [5, 5.41) is 38.0. The number of rotatable bonds is 6. The normalized spacial score (nSPS) is 7.16. The fourth-order valence-electron chi connectivity index (χ4n) is 0.408. The maximum Gasteiger partial charge on any atom is 2.00 e. The number of hydrogen-bond acceptors (Lipinski definition) is 8. The molecule has 0 amide bonds. The molecule has 0 bridgehead atoms. The average Bonchev–Trinajstić information content (AvgIpc) is 2.12. The van der Waals surface area contributed by atoms with Crippen molar-refractivity contribution in [2.75, 3.05) is 0 Å². The van der Waals surface area contributed by atoms with E-state index in [0.717, 1.165) is 0 Å². The average molecular weight is 327 g/mol. The van der Waals surface area contributed by atoms with Crippen LogP contribution in [0.15, 0.2) is 0 Å². The third-order valence-electron chi connectivity index (χ3n) is 1.07. The second-order valence-corrected chi connectivity index (χ2v) is 2.49. The number of carbonyl (C=O) groups is 4. The zero-order valence-electron chi connectivity index (χ0n) is 10.4. The van der Waals surface area contributed by atoms with Gasteiger partial charge in [-0.05, 0) is 25.7 Å². The first-order valence-electron chi connectivity index (χ1n) is 4.05. The van der Waals surface area contributed by atoms with Crippen LogP contribution in [0.5, 0.6) is 0 Å². The van der Waals surface area contributed by atoms with E-state index in [1.54, 1.807) is 0 Å². The predicted octanol–water partition coefficient (Wildman–Crippen LogP) is -4.72. The third kappa shape index (κ3) is 48.4. The van der Waals surface area contributed by atoms with Crippen molar-refractivity contribution in [3.8, 4) is 0 Å². The maximum absolute atomic E-state index is 9.50. The Morgan fingerprint density at radius 3 is 0.684 bits per heavy atom. The van der Waals surface area contributed by atoms with Crippen LogP contribution in [0.3, 0.4) is 0 Å². The van der Waals surface area contributed by atoms with E-state index in [9.17, 15) is 39.6 Å². The Kier molecular flexibility index (Phi) is 29.9. The molecular weight excluding hydrogens is 311 g/mol. The summed E-state index contributed by atoms with van der Waals surface area (Å²) in [5.41, 5.74) is 0. The van der Waals surface area contributed by atoms with E-state index in [1.807, 2.05) is 0 Å². The molecule has 10 nitrogen and oxygen atoms in total. The van der Waals surface area contributed by atoms with Gasteiger partial charge in [-0.2, -0.15) is 0 Å². The molecule has 11 heteroatoms. The van der Waals surface area contributed by atoms with Crippen molar-refractivity contribution in [2.24, 2.45) is 0 Å². The minimum atomic E-state index is -1.37. The number of carbonyl (C=O) groups excluding carboxylic acids is 4. The van der Waals surface area contributed by atoms with Crippen LogP contribution < -0.4 is 32.7 Å². The van der Waals surface area contributed by atoms with Gasteiger partial charge in [0.25, 0.3) is 0 Å². The standard InChI is InChI=1S/2C4H6O4.Co.2H3N/c2*5-3(6)1-2-4(7)8;;;/h2*1-2H2,(H,5,6)(H,7,8);;2*1H3/q;;+2;;/p-2. The molecule has 8 N–H and O–H groups in total. The molecule has 115 valence electrons. The first kappa shape index (κ1) is 30.4. The molecule has 0 heterocycles. The van der Waals surface area contributed by atoms with Gasteiger partial charge in [0.1, 0.15) is 0 Å². The van der Waals surface area contributed by atoms with Crippen LogP contribution in [0.4, 0.5) is 0 Å². The van der Waals surface area contributed by atoms with Gasteiger partial charge in [0, 0.05) is 23.9 Å². The van der Waals surface area contributed by atoms with Crippen molar-refractivity contribution < 1.29 is 56.4 Å². The second-order valence-electron chi connectivity index (χ2n) is 2.49. The number of carboxylic acid groups (broad SMARTS) is 4. The number of hydrogen-bond donors (Lipinski definition) is 2. The molecule has 0 aliphatic carbocycles. The van der Waals surface area contributed by atoms with Gasteiger partial charge < -0.3 is 51.9 Å². The molecule has 0 rings (SSSR count). The molecule has 0 fully saturated rings. The van der Waals surface area contributed by atoms with E-state index >= 15 is 0 Å². The van der Waals surface area contributed by atoms with Crippen molar-refractivity contribution in [1.29, 1.82) is 0 Å². The van der Waals surface area contributed by atoms with Gasteiger partial charge in [-0.15, -0.1) is 0 Å². The Morgan fingerprint density at radius 2 is 0.632 bits per heavy atom. The summed E-state index contributed by atoms with van der Waals surface area (Å²) in [6.45, 7) is 0. The summed E-state index contributed by atoms with van der Waals surface area (Å²) in [5.74, 6) is -5.47. The van der Waals surface area contributed by atoms with Gasteiger partial charge in [0.2, 0.25) is 0 Å². The third-order valence-corrected chi connectivity index (χ3v) is 1.07. The molecule has 0 aromatic heterocycles. The van der Waals surface area contributed by atoms with Crippen LogP contribution in [0, 0.1) is 0 Å². The summed E-state index contributed by atoms with van der Waals surface area (Å²) in [7, 11) is 0. The van der Waals surface area contributed by atoms with Crippen molar-refractivity contribution in [1.82, 2.24) is 12.3 Å². The fourth-order valence-corrected chi connectivity index (χ4v) is 0.408. The second kappa shape index (κ2) is 18.7. The quantitative estimate of drug-likeness (QED) is 0.479.